The maximum absolute atomic E-state index is 14.6. The molecule has 0 aliphatic heterocycles. The van der Waals surface area contributed by atoms with E-state index in [1.54, 1.807) is 0 Å². The summed E-state index contributed by atoms with van der Waals surface area (Å²) in [6.45, 7) is 1.36. The van der Waals surface area contributed by atoms with E-state index in [1.165, 1.54) is 6.92 Å². The minimum absolute atomic E-state index is 0.109. The van der Waals surface area contributed by atoms with Gasteiger partial charge >= 0.3 is 5.97 Å². The van der Waals surface area contributed by atoms with Gasteiger partial charge in [0.25, 0.3) is 0 Å². The van der Waals surface area contributed by atoms with Crippen LogP contribution in [0.15, 0.2) is 33.7 Å². The van der Waals surface area contributed by atoms with Crippen LogP contribution >= 0.6 is 15.9 Å². The van der Waals surface area contributed by atoms with Crippen LogP contribution in [-0.4, -0.2) is 31.7 Å². The molecule has 0 bridgehead atoms. The molecule has 2 aromatic carbocycles. The van der Waals surface area contributed by atoms with Crippen molar-refractivity contribution in [1.29, 1.82) is 0 Å². The number of halogens is 5. The third-order valence-electron chi connectivity index (χ3n) is 3.68. The standard InChI is InChI=1S/C19H14BrF4NO4/c1-3-29-19(27)11(8-25-14-5-4-9(21)6-12(14)22)17(26)10-7-13(23)15(20)18(28-2)16(10)24/h4-8,11H,3H2,1-2H3. The molecule has 2 aromatic rings. The van der Waals surface area contributed by atoms with Crippen molar-refractivity contribution >= 4 is 39.6 Å². The molecule has 0 saturated carbocycles. The topological polar surface area (TPSA) is 65.0 Å². The first kappa shape index (κ1) is 22.5. The van der Waals surface area contributed by atoms with Crippen LogP contribution in [0.4, 0.5) is 23.2 Å². The van der Waals surface area contributed by atoms with Crippen molar-refractivity contribution in [3.63, 3.8) is 0 Å². The van der Waals surface area contributed by atoms with Crippen molar-refractivity contribution < 1.29 is 36.6 Å². The number of Topliss-reactive ketones (excluding diaryl/α,β-unsaturated/α-hetero) is 1. The largest absolute Gasteiger partial charge is 0.492 e. The molecule has 10 heteroatoms. The second-order valence-electron chi connectivity index (χ2n) is 5.54. The molecule has 29 heavy (non-hydrogen) atoms. The highest BCUT2D eigenvalue weighted by molar-refractivity contribution is 9.10. The summed E-state index contributed by atoms with van der Waals surface area (Å²) in [6, 6.07) is 3.05. The molecular weight excluding hydrogens is 462 g/mol. The Bertz CT molecular complexity index is 981. The monoisotopic (exact) mass is 475 g/mol. The molecule has 1 unspecified atom stereocenters. The molecule has 154 valence electrons. The van der Waals surface area contributed by atoms with Crippen molar-refractivity contribution in [2.75, 3.05) is 13.7 Å². The van der Waals surface area contributed by atoms with E-state index in [9.17, 15) is 27.2 Å². The summed E-state index contributed by atoms with van der Waals surface area (Å²) in [5, 5.41) is 0. The van der Waals surface area contributed by atoms with Crippen molar-refractivity contribution in [3.8, 4) is 5.75 Å². The third-order valence-corrected chi connectivity index (χ3v) is 4.42. The average Bonchev–Trinajstić information content (AvgIpc) is 2.67. The highest BCUT2D eigenvalue weighted by atomic mass is 79.9. The van der Waals surface area contributed by atoms with E-state index < -0.39 is 52.3 Å². The highest BCUT2D eigenvalue weighted by Crippen LogP contribution is 2.34. The van der Waals surface area contributed by atoms with Crippen LogP contribution in [0.25, 0.3) is 0 Å². The first-order chi connectivity index (χ1) is 13.7. The fourth-order valence-corrected chi connectivity index (χ4v) is 2.77. The van der Waals surface area contributed by atoms with Gasteiger partial charge in [-0.2, -0.15) is 0 Å². The van der Waals surface area contributed by atoms with E-state index in [-0.39, 0.29) is 16.8 Å². The lowest BCUT2D eigenvalue weighted by Crippen LogP contribution is -2.28. The van der Waals surface area contributed by atoms with E-state index in [0.717, 1.165) is 25.5 Å². The van der Waals surface area contributed by atoms with Gasteiger partial charge in [0.05, 0.1) is 29.4 Å². The van der Waals surface area contributed by atoms with Crippen molar-refractivity contribution in [2.45, 2.75) is 6.92 Å². The van der Waals surface area contributed by atoms with Gasteiger partial charge < -0.3 is 9.47 Å². The molecule has 0 aliphatic carbocycles. The number of carbonyl (C=O) groups excluding carboxylic acids is 2. The lowest BCUT2D eigenvalue weighted by atomic mass is 9.97. The zero-order valence-electron chi connectivity index (χ0n) is 15.1. The number of aliphatic imine (C=N–C) groups is 1. The van der Waals surface area contributed by atoms with Gasteiger partial charge in [0, 0.05) is 12.3 Å². The van der Waals surface area contributed by atoms with Gasteiger partial charge in [-0.3, -0.25) is 14.6 Å². The van der Waals surface area contributed by atoms with Gasteiger partial charge in [-0.25, -0.2) is 17.6 Å². The quantitative estimate of drug-likeness (QED) is 0.144. The first-order valence-electron chi connectivity index (χ1n) is 8.12. The molecule has 0 heterocycles. The molecule has 0 radical (unpaired) electrons. The maximum Gasteiger partial charge on any atom is 0.322 e. The van der Waals surface area contributed by atoms with E-state index >= 15 is 0 Å². The minimum Gasteiger partial charge on any atom is -0.492 e. The second kappa shape index (κ2) is 9.64. The number of methoxy groups -OCH3 is 1. The number of ether oxygens (including phenoxy) is 2. The summed E-state index contributed by atoms with van der Waals surface area (Å²) in [7, 11) is 1.07. The zero-order valence-corrected chi connectivity index (χ0v) is 16.7. The highest BCUT2D eigenvalue weighted by Gasteiger charge is 2.32. The van der Waals surface area contributed by atoms with Gasteiger partial charge in [-0.05, 0) is 41.1 Å². The van der Waals surface area contributed by atoms with Gasteiger partial charge in [0.1, 0.15) is 11.6 Å². The zero-order chi connectivity index (χ0) is 21.7. The number of esters is 1. The maximum atomic E-state index is 14.6. The smallest absolute Gasteiger partial charge is 0.322 e. The summed E-state index contributed by atoms with van der Waals surface area (Å²) >= 11 is 2.80. The van der Waals surface area contributed by atoms with E-state index in [4.69, 9.17) is 9.47 Å². The molecule has 0 aliphatic rings. The van der Waals surface area contributed by atoms with E-state index in [1.807, 2.05) is 0 Å². The Labute approximate surface area is 171 Å². The molecule has 0 spiro atoms. The molecule has 0 saturated heterocycles. The van der Waals surface area contributed by atoms with Crippen LogP contribution in [0.1, 0.15) is 17.3 Å². The van der Waals surface area contributed by atoms with Gasteiger partial charge in [-0.15, -0.1) is 0 Å². The van der Waals surface area contributed by atoms with Crippen molar-refractivity contribution in [1.82, 2.24) is 0 Å². The Kier molecular flexibility index (Phi) is 7.49. The predicted octanol–water partition coefficient (Wildman–Crippen LogP) is 4.78. The molecule has 2 rings (SSSR count). The molecule has 0 aromatic heterocycles. The molecule has 0 N–H and O–H groups in total. The van der Waals surface area contributed by atoms with Crippen LogP contribution in [-0.2, 0) is 9.53 Å². The molecule has 1 atom stereocenters. The Morgan fingerprint density at radius 1 is 1.17 bits per heavy atom. The van der Waals surface area contributed by atoms with Gasteiger partial charge in [0.15, 0.2) is 29.1 Å². The third kappa shape index (κ3) is 5.00. The molecule has 5 nitrogen and oxygen atoms in total. The number of hydrogen-bond donors (Lipinski definition) is 0. The van der Waals surface area contributed by atoms with Crippen LogP contribution in [0.5, 0.6) is 5.75 Å². The Morgan fingerprint density at radius 2 is 1.86 bits per heavy atom. The fourth-order valence-electron chi connectivity index (χ4n) is 2.32. The predicted molar refractivity (Wildman–Crippen MR) is 99.6 cm³/mol. The number of hydrogen-bond acceptors (Lipinski definition) is 5. The average molecular weight is 476 g/mol. The number of carbonyl (C=O) groups is 2. The summed E-state index contributed by atoms with van der Waals surface area (Å²) < 4.78 is 64.6. The van der Waals surface area contributed by atoms with Crippen molar-refractivity contribution in [3.05, 3.63) is 57.6 Å². The Hall–Kier alpha value is -2.75. The van der Waals surface area contributed by atoms with Gasteiger partial charge in [0.2, 0.25) is 0 Å². The van der Waals surface area contributed by atoms with Crippen molar-refractivity contribution in [2.24, 2.45) is 10.9 Å². The molecule has 0 fully saturated rings. The molecular formula is C19H14BrF4NO4. The summed E-state index contributed by atoms with van der Waals surface area (Å²) in [6.07, 6.45) is 0.725. The summed E-state index contributed by atoms with van der Waals surface area (Å²) in [5.41, 5.74) is -1.15. The fraction of sp³-hybridized carbons (Fsp3) is 0.211. The first-order valence-corrected chi connectivity index (χ1v) is 8.92. The Morgan fingerprint density at radius 3 is 2.45 bits per heavy atom. The van der Waals surface area contributed by atoms with Crippen LogP contribution in [0.3, 0.4) is 0 Å². The SMILES string of the molecule is CCOC(=O)C(C=Nc1ccc(F)cc1F)C(=O)c1cc(F)c(Br)c(OC)c1F. The van der Waals surface area contributed by atoms with E-state index in [0.29, 0.717) is 12.1 Å². The lowest BCUT2D eigenvalue weighted by molar-refractivity contribution is -0.143. The minimum atomic E-state index is -1.81. The summed E-state index contributed by atoms with van der Waals surface area (Å²) in [4.78, 5) is 28.6. The number of rotatable bonds is 7. The lowest BCUT2D eigenvalue weighted by Gasteiger charge is -2.14. The second-order valence-corrected chi connectivity index (χ2v) is 6.33. The van der Waals surface area contributed by atoms with E-state index in [2.05, 4.69) is 20.9 Å². The Balaban J connectivity index is 2.50. The summed E-state index contributed by atoms with van der Waals surface area (Å²) in [5.74, 6) is -8.77. The molecule has 0 amide bonds. The number of benzene rings is 2. The number of nitrogens with zero attached hydrogens (tertiary/aromatic N) is 1. The van der Waals surface area contributed by atoms with Crippen LogP contribution in [0.2, 0.25) is 0 Å². The van der Waals surface area contributed by atoms with Crippen LogP contribution in [0, 0.1) is 29.2 Å². The van der Waals surface area contributed by atoms with Crippen LogP contribution < -0.4 is 4.74 Å². The normalized spacial score (nSPS) is 12.1. The number of ketones is 1. The van der Waals surface area contributed by atoms with Gasteiger partial charge in [-0.1, -0.05) is 0 Å².